The standard InChI is InChI=1S/C31H22S.C30H18BNS/c1-2-10-22(11-3-1)26-14-6-4-12-23(26)20-24-13-5-7-15-27(24)25-18-19-31-29(21-25)28-16-8-9-17-30(28)32-31;1-5-13-25-19(9-1)20-10-2-6-14-27(20)32-28-15-7-3-11-21(28)23-17-24-22-12-4-8-16-29(22)33-30(24)18-26(23)31(25)32/h1-19,21H,20H2;1-18H. The molecule has 0 amide bonds. The number of para-hydroxylation sites is 2. The summed E-state index contributed by atoms with van der Waals surface area (Å²) in [6, 6.07) is 84.3. The Kier molecular flexibility index (Phi) is 9.14. The van der Waals surface area contributed by atoms with Gasteiger partial charge in [0, 0.05) is 62.8 Å². The largest absolute Gasteiger partial charge is 0.376 e. The van der Waals surface area contributed by atoms with Crippen LogP contribution in [0.4, 0.5) is 11.4 Å². The van der Waals surface area contributed by atoms with E-state index in [4.69, 9.17) is 0 Å². The highest BCUT2D eigenvalue weighted by Crippen LogP contribution is 2.47. The van der Waals surface area contributed by atoms with Gasteiger partial charge in [-0.1, -0.05) is 182 Å². The fraction of sp³-hybridized carbons (Fsp3) is 0.0164. The Balaban J connectivity index is 0.000000130. The van der Waals surface area contributed by atoms with Crippen LogP contribution in [-0.4, -0.2) is 6.85 Å². The van der Waals surface area contributed by atoms with Crippen molar-refractivity contribution < 1.29 is 0 Å². The Morgan fingerprint density at radius 1 is 0.308 bits per heavy atom. The number of rotatable bonds is 4. The highest BCUT2D eigenvalue weighted by atomic mass is 32.1. The molecule has 10 aromatic carbocycles. The third-order valence-corrected chi connectivity index (χ3v) is 15.7. The van der Waals surface area contributed by atoms with E-state index in [0.29, 0.717) is 0 Å². The van der Waals surface area contributed by atoms with Crippen molar-refractivity contribution in [1.82, 2.24) is 0 Å². The minimum absolute atomic E-state index is 0.163. The molecule has 0 N–H and O–H groups in total. The normalized spacial score (nSPS) is 12.3. The van der Waals surface area contributed by atoms with E-state index in [1.165, 1.54) is 118 Å². The highest BCUT2D eigenvalue weighted by Gasteiger charge is 2.42. The van der Waals surface area contributed by atoms with Crippen LogP contribution < -0.4 is 15.7 Å². The molecule has 12 aromatic rings. The van der Waals surface area contributed by atoms with Gasteiger partial charge in [0.25, 0.3) is 0 Å². The minimum atomic E-state index is 0.163. The number of fused-ring (bicyclic) bond motifs is 17. The van der Waals surface area contributed by atoms with Crippen molar-refractivity contribution in [3.63, 3.8) is 0 Å². The monoisotopic (exact) mass is 861 g/mol. The topological polar surface area (TPSA) is 3.24 Å². The molecule has 0 atom stereocenters. The first-order valence-corrected chi connectivity index (χ1v) is 24.0. The first-order valence-electron chi connectivity index (χ1n) is 22.4. The Bertz CT molecular complexity index is 3790. The summed E-state index contributed by atoms with van der Waals surface area (Å²) >= 11 is 3.78. The Labute approximate surface area is 387 Å². The van der Waals surface area contributed by atoms with Gasteiger partial charge in [-0.05, 0) is 110 Å². The second-order valence-corrected chi connectivity index (χ2v) is 19.3. The van der Waals surface area contributed by atoms with E-state index < -0.39 is 0 Å². The number of hydrogen-bond donors (Lipinski definition) is 0. The smallest absolute Gasteiger partial charge is 0.329 e. The van der Waals surface area contributed by atoms with Crippen molar-refractivity contribution in [2.75, 3.05) is 4.81 Å². The highest BCUT2D eigenvalue weighted by molar-refractivity contribution is 7.26. The maximum absolute atomic E-state index is 2.56. The number of anilines is 2. The summed E-state index contributed by atoms with van der Waals surface area (Å²) in [4.78, 5) is 2.56. The van der Waals surface area contributed by atoms with Crippen molar-refractivity contribution in [2.24, 2.45) is 0 Å². The molecule has 0 radical (unpaired) electrons. The molecular formula is C61H40BNS2. The van der Waals surface area contributed by atoms with Crippen LogP contribution in [-0.2, 0) is 6.42 Å². The molecule has 0 bridgehead atoms. The van der Waals surface area contributed by atoms with Crippen LogP contribution in [0.5, 0.6) is 0 Å². The molecule has 14 rings (SSSR count). The molecule has 0 unspecified atom stereocenters. The summed E-state index contributed by atoms with van der Waals surface area (Å²) in [5.41, 5.74) is 18.6. The predicted octanol–water partition coefficient (Wildman–Crippen LogP) is 15.9. The molecular weight excluding hydrogens is 822 g/mol. The van der Waals surface area contributed by atoms with Gasteiger partial charge in [0.15, 0.2) is 0 Å². The second kappa shape index (κ2) is 15.6. The lowest BCUT2D eigenvalue weighted by atomic mass is 9.43. The van der Waals surface area contributed by atoms with Crippen LogP contribution in [0.25, 0.3) is 84.9 Å². The summed E-state index contributed by atoms with van der Waals surface area (Å²) in [6.07, 6.45) is 0.906. The average molecular weight is 862 g/mol. The quantitative estimate of drug-likeness (QED) is 0.159. The Morgan fingerprint density at radius 2 is 0.800 bits per heavy atom. The molecule has 0 fully saturated rings. The molecule has 1 nitrogen and oxygen atoms in total. The van der Waals surface area contributed by atoms with Crippen LogP contribution in [0, 0.1) is 0 Å². The lowest BCUT2D eigenvalue weighted by molar-refractivity contribution is 1.20. The molecule has 2 aliphatic heterocycles. The van der Waals surface area contributed by atoms with Crippen molar-refractivity contribution in [2.45, 2.75) is 6.42 Å². The van der Waals surface area contributed by atoms with Gasteiger partial charge in [0.1, 0.15) is 0 Å². The Hall–Kier alpha value is -7.50. The minimum Gasteiger partial charge on any atom is -0.376 e. The van der Waals surface area contributed by atoms with Gasteiger partial charge in [-0.15, -0.1) is 22.7 Å². The summed E-state index contributed by atoms with van der Waals surface area (Å²) in [5.74, 6) is 0. The Morgan fingerprint density at radius 3 is 1.49 bits per heavy atom. The summed E-state index contributed by atoms with van der Waals surface area (Å²) in [7, 11) is 0. The van der Waals surface area contributed by atoms with Gasteiger partial charge < -0.3 is 4.81 Å². The van der Waals surface area contributed by atoms with E-state index in [1.54, 1.807) is 0 Å². The molecule has 4 heteroatoms. The van der Waals surface area contributed by atoms with E-state index in [0.717, 1.165) is 6.42 Å². The molecule has 4 heterocycles. The summed E-state index contributed by atoms with van der Waals surface area (Å²) in [6.45, 7) is 0.163. The molecule has 0 spiro atoms. The third kappa shape index (κ3) is 6.36. The van der Waals surface area contributed by atoms with Crippen LogP contribution in [0.2, 0.25) is 0 Å². The van der Waals surface area contributed by atoms with Gasteiger partial charge in [-0.2, -0.15) is 0 Å². The van der Waals surface area contributed by atoms with E-state index >= 15 is 0 Å². The number of hydrogen-bond acceptors (Lipinski definition) is 3. The van der Waals surface area contributed by atoms with Crippen LogP contribution >= 0.6 is 22.7 Å². The first-order chi connectivity index (χ1) is 32.2. The van der Waals surface area contributed by atoms with Crippen molar-refractivity contribution in [3.8, 4) is 44.5 Å². The van der Waals surface area contributed by atoms with E-state index in [-0.39, 0.29) is 6.85 Å². The molecule has 0 saturated heterocycles. The van der Waals surface area contributed by atoms with Gasteiger partial charge in [-0.3, -0.25) is 0 Å². The first kappa shape index (κ1) is 38.0. The van der Waals surface area contributed by atoms with Gasteiger partial charge in [0.05, 0.1) is 0 Å². The van der Waals surface area contributed by atoms with E-state index in [2.05, 4.69) is 235 Å². The number of nitrogens with zero attached hydrogens (tertiary/aromatic N) is 1. The average Bonchev–Trinajstić information content (AvgIpc) is 3.94. The SMILES string of the molecule is c1ccc(-c2ccccc2Cc2ccccc2-c2ccc3sc4ccccc4c3c2)cc1.c1ccc2c(c1)B1c3cc4sc5ccccc5c4cc3-c3ccccc3N1c1ccccc1-2. The van der Waals surface area contributed by atoms with Gasteiger partial charge in [0.2, 0.25) is 0 Å². The molecule has 304 valence electrons. The lowest BCUT2D eigenvalue weighted by Crippen LogP contribution is -2.59. The molecule has 0 aliphatic carbocycles. The van der Waals surface area contributed by atoms with Crippen LogP contribution in [0.1, 0.15) is 11.1 Å². The maximum atomic E-state index is 2.56. The van der Waals surface area contributed by atoms with Crippen LogP contribution in [0.15, 0.2) is 231 Å². The zero-order valence-electron chi connectivity index (χ0n) is 35.5. The molecule has 2 aromatic heterocycles. The second-order valence-electron chi connectivity index (χ2n) is 17.1. The fourth-order valence-corrected chi connectivity index (χ4v) is 12.8. The van der Waals surface area contributed by atoms with Gasteiger partial charge in [-0.25, -0.2) is 0 Å². The summed E-state index contributed by atoms with van der Waals surface area (Å²) in [5, 5.41) is 5.42. The zero-order valence-corrected chi connectivity index (χ0v) is 37.1. The van der Waals surface area contributed by atoms with E-state index in [9.17, 15) is 0 Å². The summed E-state index contributed by atoms with van der Waals surface area (Å²) < 4.78 is 5.42. The fourth-order valence-electron chi connectivity index (χ4n) is 10.5. The third-order valence-electron chi connectivity index (χ3n) is 13.5. The van der Waals surface area contributed by atoms with Gasteiger partial charge >= 0.3 is 6.85 Å². The van der Waals surface area contributed by atoms with Crippen LogP contribution in [0.3, 0.4) is 0 Å². The number of thiophene rings is 2. The van der Waals surface area contributed by atoms with Crippen molar-refractivity contribution >= 4 is 92.2 Å². The number of benzene rings is 10. The molecule has 65 heavy (non-hydrogen) atoms. The molecule has 0 saturated carbocycles. The van der Waals surface area contributed by atoms with E-state index in [1.807, 2.05) is 22.7 Å². The zero-order chi connectivity index (χ0) is 42.8. The molecule has 2 aliphatic rings. The maximum Gasteiger partial charge on any atom is 0.329 e. The lowest BCUT2D eigenvalue weighted by Gasteiger charge is -2.43. The van der Waals surface area contributed by atoms with Crippen molar-refractivity contribution in [1.29, 1.82) is 0 Å². The predicted molar refractivity (Wildman–Crippen MR) is 283 cm³/mol. The van der Waals surface area contributed by atoms with Crippen molar-refractivity contribution in [3.05, 3.63) is 242 Å².